The Kier molecular flexibility index (Phi) is 3.61. The first kappa shape index (κ1) is 14.6. The second kappa shape index (κ2) is 5.92. The number of hydrogen-bond donors (Lipinski definition) is 1. The number of nitrogens with one attached hydrogen (secondary N) is 1. The lowest BCUT2D eigenvalue weighted by Gasteiger charge is -2.07. The highest BCUT2D eigenvalue weighted by Crippen LogP contribution is 2.35. The standard InChI is InChI=1S/C19H19N3O2/c1-23-15-7-3-13(4-8-15)18-17-11-12-20-19(17)22(21-18)14-5-9-16(24-2)10-6-14/h3-10,20H,11-12H2,1-2H3. The van der Waals surface area contributed by atoms with Crippen molar-refractivity contribution in [2.24, 2.45) is 0 Å². The summed E-state index contributed by atoms with van der Waals surface area (Å²) in [5.74, 6) is 2.76. The first-order valence-corrected chi connectivity index (χ1v) is 7.95. The van der Waals surface area contributed by atoms with Gasteiger partial charge in [-0.3, -0.25) is 0 Å². The molecule has 1 aliphatic rings. The van der Waals surface area contributed by atoms with Crippen molar-refractivity contribution >= 4 is 5.82 Å². The third kappa shape index (κ3) is 2.38. The van der Waals surface area contributed by atoms with Crippen molar-refractivity contribution in [2.75, 3.05) is 26.1 Å². The number of fused-ring (bicyclic) bond motifs is 1. The Bertz CT molecular complexity index is 782. The summed E-state index contributed by atoms with van der Waals surface area (Å²) in [5, 5.41) is 8.31. The average molecular weight is 321 g/mol. The molecule has 3 aromatic rings. The number of benzene rings is 2. The predicted molar refractivity (Wildman–Crippen MR) is 94.3 cm³/mol. The molecular weight excluding hydrogens is 302 g/mol. The number of aromatic nitrogens is 2. The summed E-state index contributed by atoms with van der Waals surface area (Å²) in [5.41, 5.74) is 4.40. The number of nitrogens with zero attached hydrogens (tertiary/aromatic N) is 2. The van der Waals surface area contributed by atoms with Crippen LogP contribution in [0.2, 0.25) is 0 Å². The van der Waals surface area contributed by atoms with Crippen molar-refractivity contribution in [3.63, 3.8) is 0 Å². The molecule has 0 bridgehead atoms. The van der Waals surface area contributed by atoms with E-state index in [0.29, 0.717) is 0 Å². The van der Waals surface area contributed by atoms with Gasteiger partial charge in [-0.15, -0.1) is 0 Å². The van der Waals surface area contributed by atoms with Crippen LogP contribution in [0.1, 0.15) is 5.56 Å². The van der Waals surface area contributed by atoms with Gasteiger partial charge in [0.2, 0.25) is 0 Å². The molecule has 0 atom stereocenters. The molecule has 24 heavy (non-hydrogen) atoms. The second-order valence-electron chi connectivity index (χ2n) is 5.69. The van der Waals surface area contributed by atoms with E-state index in [4.69, 9.17) is 14.6 Å². The molecule has 0 aliphatic carbocycles. The zero-order chi connectivity index (χ0) is 16.5. The van der Waals surface area contributed by atoms with Crippen LogP contribution >= 0.6 is 0 Å². The lowest BCUT2D eigenvalue weighted by Crippen LogP contribution is -2.04. The van der Waals surface area contributed by atoms with Gasteiger partial charge in [0.1, 0.15) is 17.3 Å². The van der Waals surface area contributed by atoms with Crippen LogP contribution in [0.15, 0.2) is 48.5 Å². The lowest BCUT2D eigenvalue weighted by molar-refractivity contribution is 0.414. The molecule has 1 aliphatic heterocycles. The molecule has 5 nitrogen and oxygen atoms in total. The van der Waals surface area contributed by atoms with Crippen molar-refractivity contribution in [1.29, 1.82) is 0 Å². The zero-order valence-corrected chi connectivity index (χ0v) is 13.7. The smallest absolute Gasteiger partial charge is 0.133 e. The Morgan fingerprint density at radius 3 is 2.17 bits per heavy atom. The second-order valence-corrected chi connectivity index (χ2v) is 5.69. The Balaban J connectivity index is 1.79. The minimum absolute atomic E-state index is 0.839. The SMILES string of the molecule is COc1ccc(-c2nn(-c3ccc(OC)cc3)c3c2CCN3)cc1. The molecule has 0 fully saturated rings. The third-order valence-electron chi connectivity index (χ3n) is 4.33. The average Bonchev–Trinajstić information content (AvgIpc) is 3.24. The van der Waals surface area contributed by atoms with Gasteiger partial charge in [0.05, 0.1) is 25.6 Å². The van der Waals surface area contributed by atoms with Crippen LogP contribution in [-0.4, -0.2) is 30.5 Å². The molecule has 2 heterocycles. The monoisotopic (exact) mass is 321 g/mol. The van der Waals surface area contributed by atoms with Crippen LogP contribution < -0.4 is 14.8 Å². The third-order valence-corrected chi connectivity index (χ3v) is 4.33. The summed E-state index contributed by atoms with van der Waals surface area (Å²) >= 11 is 0. The topological polar surface area (TPSA) is 48.3 Å². The van der Waals surface area contributed by atoms with E-state index >= 15 is 0 Å². The quantitative estimate of drug-likeness (QED) is 0.799. The van der Waals surface area contributed by atoms with Crippen molar-refractivity contribution in [1.82, 2.24) is 9.78 Å². The number of ether oxygens (including phenoxy) is 2. The van der Waals surface area contributed by atoms with Crippen LogP contribution in [0.25, 0.3) is 16.9 Å². The van der Waals surface area contributed by atoms with Gasteiger partial charge in [-0.05, 0) is 55.0 Å². The van der Waals surface area contributed by atoms with E-state index in [1.165, 1.54) is 5.56 Å². The largest absolute Gasteiger partial charge is 0.497 e. The van der Waals surface area contributed by atoms with Crippen LogP contribution in [0.4, 0.5) is 5.82 Å². The number of methoxy groups -OCH3 is 2. The molecule has 0 saturated carbocycles. The van der Waals surface area contributed by atoms with Crippen LogP contribution in [0.5, 0.6) is 11.5 Å². The molecule has 0 amide bonds. The van der Waals surface area contributed by atoms with Crippen LogP contribution in [0, 0.1) is 0 Å². The maximum Gasteiger partial charge on any atom is 0.133 e. The summed E-state index contributed by atoms with van der Waals surface area (Å²) in [7, 11) is 3.35. The highest BCUT2D eigenvalue weighted by atomic mass is 16.5. The normalized spacial score (nSPS) is 12.6. The Hall–Kier alpha value is -2.95. The van der Waals surface area contributed by atoms with Crippen molar-refractivity contribution in [3.8, 4) is 28.4 Å². The Morgan fingerprint density at radius 1 is 0.917 bits per heavy atom. The molecule has 5 heteroatoms. The molecule has 4 rings (SSSR count). The highest BCUT2D eigenvalue weighted by Gasteiger charge is 2.23. The van der Waals surface area contributed by atoms with Crippen molar-refractivity contribution in [2.45, 2.75) is 6.42 Å². The molecule has 1 N–H and O–H groups in total. The van der Waals surface area contributed by atoms with Gasteiger partial charge in [0.15, 0.2) is 0 Å². The molecule has 0 radical (unpaired) electrons. The van der Waals surface area contributed by atoms with Gasteiger partial charge in [-0.1, -0.05) is 0 Å². The predicted octanol–water partition coefficient (Wildman–Crippen LogP) is 3.52. The first-order valence-electron chi connectivity index (χ1n) is 7.95. The van der Waals surface area contributed by atoms with Crippen molar-refractivity contribution in [3.05, 3.63) is 54.1 Å². The number of hydrogen-bond acceptors (Lipinski definition) is 4. The molecular formula is C19H19N3O2. The van der Waals surface area contributed by atoms with Crippen LogP contribution in [-0.2, 0) is 6.42 Å². The summed E-state index contributed by atoms with van der Waals surface area (Å²) in [6, 6.07) is 16.0. The van der Waals surface area contributed by atoms with Gasteiger partial charge in [-0.2, -0.15) is 5.10 Å². The summed E-state index contributed by atoms with van der Waals surface area (Å²) < 4.78 is 12.5. The summed E-state index contributed by atoms with van der Waals surface area (Å²) in [6.45, 7) is 0.937. The van der Waals surface area contributed by atoms with Gasteiger partial charge >= 0.3 is 0 Å². The van der Waals surface area contributed by atoms with E-state index in [-0.39, 0.29) is 0 Å². The summed E-state index contributed by atoms with van der Waals surface area (Å²) in [4.78, 5) is 0. The lowest BCUT2D eigenvalue weighted by atomic mass is 10.1. The van der Waals surface area contributed by atoms with E-state index in [1.54, 1.807) is 14.2 Å². The van der Waals surface area contributed by atoms with E-state index in [2.05, 4.69) is 17.4 Å². The maximum absolute atomic E-state index is 5.24. The van der Waals surface area contributed by atoms with Crippen molar-refractivity contribution < 1.29 is 9.47 Å². The molecule has 122 valence electrons. The zero-order valence-electron chi connectivity index (χ0n) is 13.7. The van der Waals surface area contributed by atoms with E-state index < -0.39 is 0 Å². The van der Waals surface area contributed by atoms with Gasteiger partial charge in [0.25, 0.3) is 0 Å². The fraction of sp³-hybridized carbons (Fsp3) is 0.211. The highest BCUT2D eigenvalue weighted by molar-refractivity contribution is 5.73. The van der Waals surface area contributed by atoms with E-state index in [1.807, 2.05) is 41.1 Å². The Labute approximate surface area is 140 Å². The van der Waals surface area contributed by atoms with Gasteiger partial charge in [-0.25, -0.2) is 4.68 Å². The molecule has 1 aromatic heterocycles. The minimum atomic E-state index is 0.839. The number of rotatable bonds is 4. The van der Waals surface area contributed by atoms with Crippen LogP contribution in [0.3, 0.4) is 0 Å². The first-order chi connectivity index (χ1) is 11.8. The van der Waals surface area contributed by atoms with Gasteiger partial charge < -0.3 is 14.8 Å². The molecule has 0 spiro atoms. The number of anilines is 1. The fourth-order valence-electron chi connectivity index (χ4n) is 3.07. The summed E-state index contributed by atoms with van der Waals surface area (Å²) in [6.07, 6.45) is 0.979. The fourth-order valence-corrected chi connectivity index (χ4v) is 3.07. The minimum Gasteiger partial charge on any atom is -0.497 e. The maximum atomic E-state index is 5.24. The molecule has 0 saturated heterocycles. The van der Waals surface area contributed by atoms with E-state index in [9.17, 15) is 0 Å². The van der Waals surface area contributed by atoms with Gasteiger partial charge in [0, 0.05) is 17.7 Å². The molecule has 0 unspecified atom stereocenters. The Morgan fingerprint density at radius 2 is 1.54 bits per heavy atom. The van der Waals surface area contributed by atoms with E-state index in [0.717, 1.165) is 47.2 Å². The molecule has 2 aromatic carbocycles.